The van der Waals surface area contributed by atoms with Crippen LogP contribution in [-0.4, -0.2) is 30.9 Å². The van der Waals surface area contributed by atoms with Crippen LogP contribution in [0.1, 0.15) is 41.0 Å². The van der Waals surface area contributed by atoms with E-state index in [2.05, 4.69) is 5.32 Å². The van der Waals surface area contributed by atoms with Crippen molar-refractivity contribution in [1.29, 1.82) is 0 Å². The molecule has 17 heavy (non-hydrogen) atoms. The minimum absolute atomic E-state index is 0.0522. The fourth-order valence-corrected chi connectivity index (χ4v) is 0.814. The van der Waals surface area contributed by atoms with Gasteiger partial charge in [0.25, 0.3) is 0 Å². The van der Waals surface area contributed by atoms with Gasteiger partial charge in [0, 0.05) is 19.0 Å². The molecule has 1 amide bonds. The Morgan fingerprint density at radius 1 is 1.24 bits per heavy atom. The van der Waals surface area contributed by atoms with Crippen LogP contribution >= 0.6 is 0 Å². The predicted octanol–water partition coefficient (Wildman–Crippen LogP) is 2.09. The lowest BCUT2D eigenvalue weighted by Gasteiger charge is -2.06. The molecule has 0 unspecified atom stereocenters. The maximum Gasteiger partial charge on any atom is 0.244 e. The third-order valence-electron chi connectivity index (χ3n) is 1.62. The maximum absolute atomic E-state index is 11.1. The lowest BCUT2D eigenvalue weighted by molar-refractivity contribution is -0.118. The van der Waals surface area contributed by atoms with Gasteiger partial charge in [-0.15, -0.1) is 0 Å². The number of rotatable bonds is 7. The third kappa shape index (κ3) is 14.8. The molecule has 0 aliphatic heterocycles. The zero-order valence-corrected chi connectivity index (χ0v) is 11.6. The zero-order chi connectivity index (χ0) is 13.7. The summed E-state index contributed by atoms with van der Waals surface area (Å²) in [7, 11) is 0. The molecule has 0 aliphatic carbocycles. The molecule has 0 aromatic carbocycles. The van der Waals surface area contributed by atoms with Crippen molar-refractivity contribution in [2.75, 3.05) is 13.2 Å². The predicted molar refractivity (Wildman–Crippen MR) is 69.9 cm³/mol. The van der Waals surface area contributed by atoms with Crippen LogP contribution in [-0.2, 0) is 14.3 Å². The molecule has 0 radical (unpaired) electrons. The number of amides is 1. The van der Waals surface area contributed by atoms with Crippen LogP contribution in [0, 0.1) is 0 Å². The minimum atomic E-state index is -0.260. The van der Waals surface area contributed by atoms with Crippen molar-refractivity contribution in [3.63, 3.8) is 0 Å². The smallest absolute Gasteiger partial charge is 0.244 e. The van der Waals surface area contributed by atoms with Gasteiger partial charge in [0.2, 0.25) is 5.91 Å². The maximum atomic E-state index is 11.1. The van der Waals surface area contributed by atoms with Gasteiger partial charge in [0.1, 0.15) is 0 Å². The fraction of sp³-hybridized carbons (Fsp3) is 0.692. The first-order chi connectivity index (χ1) is 8.06. The second-order valence-corrected chi connectivity index (χ2v) is 3.36. The number of ketones is 1. The molecule has 1 N–H and O–H groups in total. The summed E-state index contributed by atoms with van der Waals surface area (Å²) in [5.41, 5.74) is 0. The molecule has 0 bridgehead atoms. The molecule has 0 aromatic heterocycles. The Kier molecular flexibility index (Phi) is 13.8. The molecular weight excluding hydrogens is 218 g/mol. The van der Waals surface area contributed by atoms with E-state index in [0.29, 0.717) is 19.6 Å². The first kappa shape index (κ1) is 18.2. The summed E-state index contributed by atoms with van der Waals surface area (Å²) in [4.78, 5) is 21.9. The van der Waals surface area contributed by atoms with Crippen molar-refractivity contribution in [3.8, 4) is 0 Å². The Morgan fingerprint density at radius 3 is 2.29 bits per heavy atom. The fourth-order valence-electron chi connectivity index (χ4n) is 0.814. The largest absolute Gasteiger partial charge is 0.377 e. The van der Waals surface area contributed by atoms with Gasteiger partial charge in [0.05, 0.1) is 12.7 Å². The highest BCUT2D eigenvalue weighted by molar-refractivity contribution is 5.97. The lowest BCUT2D eigenvalue weighted by atomic mass is 10.3. The zero-order valence-electron chi connectivity index (χ0n) is 11.6. The Morgan fingerprint density at radius 2 is 1.82 bits per heavy atom. The quantitative estimate of drug-likeness (QED) is 0.550. The van der Waals surface area contributed by atoms with Crippen LogP contribution in [0.2, 0.25) is 0 Å². The van der Waals surface area contributed by atoms with Crippen LogP contribution in [0.5, 0.6) is 0 Å². The van der Waals surface area contributed by atoms with Gasteiger partial charge in [-0.05, 0) is 19.9 Å². The number of nitrogens with one attached hydrogen (secondary N) is 1. The molecule has 0 aliphatic rings. The van der Waals surface area contributed by atoms with E-state index in [4.69, 9.17) is 4.74 Å². The van der Waals surface area contributed by atoms with E-state index in [9.17, 15) is 9.59 Å². The number of allylic oxidation sites excluding steroid dienone is 1. The van der Waals surface area contributed by atoms with Crippen molar-refractivity contribution in [2.24, 2.45) is 0 Å². The topological polar surface area (TPSA) is 55.4 Å². The number of ether oxygens (including phenoxy) is 1. The van der Waals surface area contributed by atoms with E-state index >= 15 is 0 Å². The summed E-state index contributed by atoms with van der Waals surface area (Å²) in [6, 6.07) is 0. The number of hydrogen-bond donors (Lipinski definition) is 1. The third-order valence-corrected chi connectivity index (χ3v) is 1.62. The molecule has 0 saturated carbocycles. The van der Waals surface area contributed by atoms with E-state index in [0.717, 1.165) is 0 Å². The van der Waals surface area contributed by atoms with E-state index < -0.39 is 0 Å². The van der Waals surface area contributed by atoms with Gasteiger partial charge < -0.3 is 10.1 Å². The highest BCUT2D eigenvalue weighted by Gasteiger charge is 1.97. The van der Waals surface area contributed by atoms with Gasteiger partial charge >= 0.3 is 0 Å². The minimum Gasteiger partial charge on any atom is -0.377 e. The van der Waals surface area contributed by atoms with Crippen LogP contribution in [0.4, 0.5) is 0 Å². The monoisotopic (exact) mass is 243 g/mol. The van der Waals surface area contributed by atoms with E-state index in [1.54, 1.807) is 6.92 Å². The first-order valence-corrected chi connectivity index (χ1v) is 6.16. The van der Waals surface area contributed by atoms with Gasteiger partial charge in [-0.25, -0.2) is 0 Å². The Hall–Kier alpha value is -1.16. The molecule has 0 saturated heterocycles. The lowest BCUT2D eigenvalue weighted by Crippen LogP contribution is -2.26. The van der Waals surface area contributed by atoms with Gasteiger partial charge in [0.15, 0.2) is 5.78 Å². The number of carbonyl (C=O) groups is 2. The van der Waals surface area contributed by atoms with Crippen LogP contribution in [0.25, 0.3) is 0 Å². The summed E-state index contributed by atoms with van der Waals surface area (Å²) in [5.74, 6) is -0.312. The molecule has 100 valence electrons. The molecule has 0 heterocycles. The van der Waals surface area contributed by atoms with Gasteiger partial charge in [-0.3, -0.25) is 9.59 Å². The van der Waals surface area contributed by atoms with Gasteiger partial charge in [-0.1, -0.05) is 20.8 Å². The van der Waals surface area contributed by atoms with Crippen molar-refractivity contribution >= 4 is 11.7 Å². The summed E-state index contributed by atoms with van der Waals surface area (Å²) < 4.78 is 5.23. The summed E-state index contributed by atoms with van der Waals surface area (Å²) >= 11 is 0. The van der Waals surface area contributed by atoms with Crippen LogP contribution in [0.3, 0.4) is 0 Å². The molecule has 0 spiro atoms. The summed E-state index contributed by atoms with van der Waals surface area (Å²) in [6.45, 7) is 10.6. The average molecular weight is 243 g/mol. The second-order valence-electron chi connectivity index (χ2n) is 3.36. The SMILES string of the molecule is CC.CCC(=O)/C=C\C(=O)NCCOC(C)C. The Bertz CT molecular complexity index is 235. The van der Waals surface area contributed by atoms with Crippen molar-refractivity contribution in [2.45, 2.75) is 47.1 Å². The Labute approximate surface area is 104 Å². The van der Waals surface area contributed by atoms with E-state index in [-0.39, 0.29) is 17.8 Å². The highest BCUT2D eigenvalue weighted by Crippen LogP contribution is 1.86. The molecule has 4 nitrogen and oxygen atoms in total. The Balaban J connectivity index is 0. The summed E-state index contributed by atoms with van der Waals surface area (Å²) in [5, 5.41) is 2.61. The van der Waals surface area contributed by atoms with Crippen LogP contribution < -0.4 is 5.32 Å². The van der Waals surface area contributed by atoms with Crippen molar-refractivity contribution in [3.05, 3.63) is 12.2 Å². The molecule has 0 atom stereocenters. The van der Waals surface area contributed by atoms with Crippen LogP contribution in [0.15, 0.2) is 12.2 Å². The molecule has 0 rings (SSSR count). The van der Waals surface area contributed by atoms with Crippen molar-refractivity contribution in [1.82, 2.24) is 5.32 Å². The average Bonchev–Trinajstić information content (AvgIpc) is 2.33. The molecule has 0 fully saturated rings. The molecular formula is C13H25NO3. The van der Waals surface area contributed by atoms with E-state index in [1.807, 2.05) is 27.7 Å². The summed E-state index contributed by atoms with van der Waals surface area (Å²) in [6.07, 6.45) is 3.12. The standard InChI is InChI=1S/C11H19NO3.C2H6/c1-4-10(13)5-6-11(14)12-7-8-15-9(2)3;1-2/h5-6,9H,4,7-8H2,1-3H3,(H,12,14);1-2H3/b6-5-;. The molecule has 0 aromatic rings. The van der Waals surface area contributed by atoms with E-state index in [1.165, 1.54) is 12.2 Å². The van der Waals surface area contributed by atoms with Crippen molar-refractivity contribution < 1.29 is 14.3 Å². The molecule has 4 heteroatoms. The number of hydrogen-bond acceptors (Lipinski definition) is 3. The highest BCUT2D eigenvalue weighted by atomic mass is 16.5. The number of carbonyl (C=O) groups excluding carboxylic acids is 2. The van der Waals surface area contributed by atoms with Gasteiger partial charge in [-0.2, -0.15) is 0 Å². The normalized spacial score (nSPS) is 10.0. The second kappa shape index (κ2) is 12.9. The first-order valence-electron chi connectivity index (χ1n) is 6.16.